The maximum Gasteiger partial charge on any atom is 0.408 e. The molecule has 1 aliphatic heterocycles. The van der Waals surface area contributed by atoms with Crippen LogP contribution in [0.5, 0.6) is 5.75 Å². The van der Waals surface area contributed by atoms with Crippen LogP contribution in [-0.2, 0) is 19.1 Å². The van der Waals surface area contributed by atoms with Gasteiger partial charge >= 0.3 is 6.09 Å². The third-order valence-corrected chi connectivity index (χ3v) is 8.55. The van der Waals surface area contributed by atoms with Gasteiger partial charge in [0.25, 0.3) is 0 Å². The van der Waals surface area contributed by atoms with Gasteiger partial charge in [-0.05, 0) is 45.6 Å². The van der Waals surface area contributed by atoms with Crippen molar-refractivity contribution in [1.82, 2.24) is 20.5 Å². The first-order chi connectivity index (χ1) is 22.3. The van der Waals surface area contributed by atoms with Crippen molar-refractivity contribution in [3.05, 3.63) is 47.0 Å². The van der Waals surface area contributed by atoms with E-state index < -0.39 is 35.9 Å². The Kier molecular flexibility index (Phi) is 12.1. The Morgan fingerprint density at radius 3 is 2.51 bits per heavy atom. The van der Waals surface area contributed by atoms with E-state index in [1.54, 1.807) is 32.8 Å². The molecule has 254 valence electrons. The number of methoxy groups -OCH3 is 1. The summed E-state index contributed by atoms with van der Waals surface area (Å²) in [6.45, 7) is 11.3. The standard InChI is InChI=1S/C36H48N4O6S/c1-8-12-24(21-41)37-33(47)30-18-26(20-40(30)34(42)32(22(2)3)39-35(43)46-36(4,5)6)45-31-19-28(23-13-10-9-11-14-23)38-29-17-25(44-7)15-16-27(29)31/h9-11,13-14,16-17,19,21-22,24-26,30,32H,8,12,15,18,20H2,1-7H3,(H,37,47)(H,39,43)/t24-,25?,26+,30-,32?/m0/s1. The molecule has 10 nitrogen and oxygen atoms in total. The molecule has 1 aromatic carbocycles. The van der Waals surface area contributed by atoms with Crippen molar-refractivity contribution in [2.24, 2.45) is 5.92 Å². The van der Waals surface area contributed by atoms with E-state index in [1.807, 2.05) is 63.2 Å². The summed E-state index contributed by atoms with van der Waals surface area (Å²) in [7, 11) is 1.68. The molecule has 11 heteroatoms. The number of carbonyl (C=O) groups excluding carboxylic acids is 3. The molecule has 2 amide bonds. The van der Waals surface area contributed by atoms with Crippen molar-refractivity contribution in [1.29, 1.82) is 0 Å². The molecule has 2 aliphatic rings. The number of hydrogen-bond acceptors (Lipinski definition) is 8. The van der Waals surface area contributed by atoms with Crippen LogP contribution in [0.2, 0.25) is 0 Å². The first-order valence-electron chi connectivity index (χ1n) is 16.4. The van der Waals surface area contributed by atoms with E-state index in [9.17, 15) is 14.4 Å². The topological polar surface area (TPSA) is 119 Å². The van der Waals surface area contributed by atoms with Crippen LogP contribution in [0.1, 0.15) is 67.2 Å². The van der Waals surface area contributed by atoms with E-state index in [4.69, 9.17) is 31.4 Å². The molecule has 2 aromatic rings. The number of benzene rings is 1. The monoisotopic (exact) mass is 664 g/mol. The number of nitrogens with zero attached hydrogens (tertiary/aromatic N) is 2. The molecule has 2 N–H and O–H groups in total. The Labute approximate surface area is 282 Å². The zero-order chi connectivity index (χ0) is 34.3. The molecule has 4 rings (SSSR count). The summed E-state index contributed by atoms with van der Waals surface area (Å²) in [6.07, 6.45) is 6.20. The molecular formula is C36H48N4O6S. The average Bonchev–Trinajstić information content (AvgIpc) is 3.46. The number of alkyl carbamates (subject to hydrolysis) is 1. The molecule has 0 radical (unpaired) electrons. The number of amides is 2. The predicted octanol–water partition coefficient (Wildman–Crippen LogP) is 3.91. The van der Waals surface area contributed by atoms with Crippen molar-refractivity contribution in [3.63, 3.8) is 0 Å². The molecule has 1 saturated heterocycles. The van der Waals surface area contributed by atoms with Gasteiger partial charge in [0.15, 0.2) is 0 Å². The molecule has 5 atom stereocenters. The third kappa shape index (κ3) is 9.38. The zero-order valence-corrected chi connectivity index (χ0v) is 29.3. The smallest absolute Gasteiger partial charge is 0.408 e. The molecule has 2 heterocycles. The Morgan fingerprint density at radius 1 is 1.17 bits per heavy atom. The third-order valence-electron chi connectivity index (χ3n) is 8.16. The minimum Gasteiger partial charge on any atom is -0.488 e. The van der Waals surface area contributed by atoms with Gasteiger partial charge in [-0.3, -0.25) is 4.79 Å². The summed E-state index contributed by atoms with van der Waals surface area (Å²) in [5, 5.41) is 7.60. The normalized spacial score (nSPS) is 20.3. The number of likely N-dealkylation sites (tertiary alicyclic amines) is 1. The fraction of sp³-hybridized carbons (Fsp3) is 0.528. The molecule has 1 fully saturated rings. The first kappa shape index (κ1) is 36.0. The molecule has 0 spiro atoms. The van der Waals surface area contributed by atoms with E-state index in [1.165, 1.54) is 0 Å². The maximum absolute atomic E-state index is 14.2. The summed E-state index contributed by atoms with van der Waals surface area (Å²) in [4.78, 5) is 45.8. The Hall–Kier alpha value is -3.83. The van der Waals surface area contributed by atoms with E-state index in [0.717, 1.165) is 34.5 Å². The van der Waals surface area contributed by atoms with E-state index >= 15 is 0 Å². The van der Waals surface area contributed by atoms with Crippen LogP contribution in [0.4, 0.5) is 4.79 Å². The van der Waals surface area contributed by atoms with Crippen molar-refractivity contribution in [2.75, 3.05) is 13.7 Å². The van der Waals surface area contributed by atoms with Crippen molar-refractivity contribution in [2.45, 2.75) is 103 Å². The van der Waals surface area contributed by atoms with Crippen LogP contribution in [0, 0.1) is 5.92 Å². The molecule has 0 saturated carbocycles. The number of hydrogen-bond donors (Lipinski definition) is 2. The van der Waals surface area contributed by atoms with Gasteiger partial charge in [0, 0.05) is 30.4 Å². The summed E-state index contributed by atoms with van der Waals surface area (Å²) in [5.41, 5.74) is 0.983. The van der Waals surface area contributed by atoms with Crippen molar-refractivity contribution in [3.8, 4) is 17.0 Å². The zero-order valence-electron chi connectivity index (χ0n) is 28.4. The minimum absolute atomic E-state index is 0.0966. The summed E-state index contributed by atoms with van der Waals surface area (Å²) in [6, 6.07) is 9.94. The quantitative estimate of drug-likeness (QED) is 0.257. The molecule has 47 heavy (non-hydrogen) atoms. The molecule has 0 bridgehead atoms. The highest BCUT2D eigenvalue weighted by molar-refractivity contribution is 7.80. The largest absolute Gasteiger partial charge is 0.488 e. The number of ether oxygens (including phenoxy) is 3. The van der Waals surface area contributed by atoms with Gasteiger partial charge in [0.1, 0.15) is 29.8 Å². The SMILES string of the molecule is CCC[C@@H](C=O)NC(=S)[C@@H]1C[C@@H](Oc2cc(-c3ccccc3)nc3c2=CCC(OC)C=3)CN1C(=O)C(NC(=O)OC(C)(C)C)C(C)C. The lowest BCUT2D eigenvalue weighted by Crippen LogP contribution is -2.56. The van der Waals surface area contributed by atoms with Gasteiger partial charge in [0.05, 0.1) is 40.8 Å². The van der Waals surface area contributed by atoms with Crippen molar-refractivity contribution >= 4 is 47.6 Å². The van der Waals surface area contributed by atoms with Crippen LogP contribution in [-0.4, -0.2) is 82.7 Å². The Morgan fingerprint density at radius 2 is 1.89 bits per heavy atom. The van der Waals surface area contributed by atoms with Crippen LogP contribution in [0.15, 0.2) is 36.4 Å². The fourth-order valence-corrected chi connectivity index (χ4v) is 6.20. The number of nitrogens with one attached hydrogen (secondary N) is 2. The number of fused-ring (bicyclic) bond motifs is 1. The van der Waals surface area contributed by atoms with Gasteiger partial charge < -0.3 is 34.5 Å². The number of pyridine rings is 1. The summed E-state index contributed by atoms with van der Waals surface area (Å²) < 4.78 is 17.8. The second-order valence-corrected chi connectivity index (χ2v) is 13.9. The highest BCUT2D eigenvalue weighted by Gasteiger charge is 2.43. The number of aldehydes is 1. The number of carbonyl (C=O) groups is 3. The number of aromatic nitrogens is 1. The molecular weight excluding hydrogens is 616 g/mol. The van der Waals surface area contributed by atoms with E-state index in [2.05, 4.69) is 16.7 Å². The van der Waals surface area contributed by atoms with E-state index in [-0.39, 0.29) is 24.5 Å². The second-order valence-electron chi connectivity index (χ2n) is 13.4. The lowest BCUT2D eigenvalue weighted by Gasteiger charge is -2.32. The van der Waals surface area contributed by atoms with Gasteiger partial charge in [-0.25, -0.2) is 9.78 Å². The average molecular weight is 665 g/mol. The minimum atomic E-state index is -0.862. The molecule has 1 aromatic heterocycles. The Balaban J connectivity index is 1.68. The highest BCUT2D eigenvalue weighted by atomic mass is 32.1. The summed E-state index contributed by atoms with van der Waals surface area (Å²) >= 11 is 5.84. The first-order valence-corrected chi connectivity index (χ1v) is 16.8. The highest BCUT2D eigenvalue weighted by Crippen LogP contribution is 2.27. The van der Waals surface area contributed by atoms with Crippen LogP contribution in [0.3, 0.4) is 0 Å². The van der Waals surface area contributed by atoms with E-state index in [0.29, 0.717) is 30.0 Å². The number of rotatable bonds is 12. The van der Waals surface area contributed by atoms with Crippen molar-refractivity contribution < 1.29 is 28.6 Å². The molecule has 2 unspecified atom stereocenters. The van der Waals surface area contributed by atoms with Gasteiger partial charge in [-0.2, -0.15) is 0 Å². The molecule has 1 aliphatic carbocycles. The Bertz CT molecular complexity index is 1560. The predicted molar refractivity (Wildman–Crippen MR) is 186 cm³/mol. The van der Waals surface area contributed by atoms with Crippen LogP contribution < -0.4 is 25.9 Å². The maximum atomic E-state index is 14.2. The van der Waals surface area contributed by atoms with Gasteiger partial charge in [-0.1, -0.05) is 75.8 Å². The fourth-order valence-electron chi connectivity index (χ4n) is 5.82. The van der Waals surface area contributed by atoms with Crippen LogP contribution in [0.25, 0.3) is 23.4 Å². The number of thiocarbonyl (C=S) groups is 1. The summed E-state index contributed by atoms with van der Waals surface area (Å²) in [5.74, 6) is 0.119. The lowest BCUT2D eigenvalue weighted by atomic mass is 10.0. The lowest BCUT2D eigenvalue weighted by molar-refractivity contribution is -0.134. The van der Waals surface area contributed by atoms with Crippen LogP contribution >= 0.6 is 12.2 Å². The second kappa shape index (κ2) is 15.8. The van der Waals surface area contributed by atoms with Gasteiger partial charge in [-0.15, -0.1) is 0 Å². The van der Waals surface area contributed by atoms with Gasteiger partial charge in [0.2, 0.25) is 5.91 Å².